The Bertz CT molecular complexity index is 347. The number of anilines is 1. The Labute approximate surface area is 82.2 Å². The molecule has 0 aliphatic heterocycles. The summed E-state index contributed by atoms with van der Waals surface area (Å²) in [6, 6.07) is 2.27. The lowest BCUT2D eigenvalue weighted by molar-refractivity contribution is 0.577. The summed E-state index contributed by atoms with van der Waals surface area (Å²) in [4.78, 5) is 0. The maximum Gasteiger partial charge on any atom is 0.135 e. The van der Waals surface area contributed by atoms with Crippen molar-refractivity contribution in [1.29, 1.82) is 0 Å². The fraction of sp³-hybridized carbons (Fsp3) is 0.273. The molecule has 0 fully saturated rings. The van der Waals surface area contributed by atoms with Crippen molar-refractivity contribution in [1.82, 2.24) is 0 Å². The largest absolute Gasteiger partial charge is 0.399 e. The molecule has 14 heavy (non-hydrogen) atoms. The molecule has 0 bridgehead atoms. The number of rotatable bonds is 2. The molecule has 0 aromatic heterocycles. The van der Waals surface area contributed by atoms with Crippen LogP contribution in [0.15, 0.2) is 18.2 Å². The smallest absolute Gasteiger partial charge is 0.135 e. The zero-order valence-electron chi connectivity index (χ0n) is 8.27. The van der Waals surface area contributed by atoms with Gasteiger partial charge in [0.2, 0.25) is 0 Å². The molecule has 1 rings (SSSR count). The molecule has 1 aromatic rings. The Hall–Kier alpha value is -1.38. The molecule has 1 aromatic carbocycles. The standard InChI is InChI=1S/C11H13F2N/c1-3-7(4-2)11-9(12)5-8(14)6-10(11)13/h3,5-6H,4,14H2,1-2H3/b7-3+. The summed E-state index contributed by atoms with van der Waals surface area (Å²) >= 11 is 0. The summed E-state index contributed by atoms with van der Waals surface area (Å²) in [6.07, 6.45) is 2.30. The van der Waals surface area contributed by atoms with Gasteiger partial charge in [0.15, 0.2) is 0 Å². The Morgan fingerprint density at radius 2 is 1.86 bits per heavy atom. The summed E-state index contributed by atoms with van der Waals surface area (Å²) < 4.78 is 26.7. The average molecular weight is 197 g/mol. The van der Waals surface area contributed by atoms with E-state index in [2.05, 4.69) is 0 Å². The molecule has 0 aliphatic carbocycles. The molecule has 0 saturated carbocycles. The van der Waals surface area contributed by atoms with E-state index in [0.717, 1.165) is 12.1 Å². The van der Waals surface area contributed by atoms with Gasteiger partial charge in [-0.05, 0) is 31.1 Å². The molecule has 0 atom stereocenters. The van der Waals surface area contributed by atoms with Crippen molar-refractivity contribution in [3.8, 4) is 0 Å². The summed E-state index contributed by atoms with van der Waals surface area (Å²) in [5.74, 6) is -1.20. The van der Waals surface area contributed by atoms with Crippen LogP contribution in [0, 0.1) is 11.6 Å². The van der Waals surface area contributed by atoms with Gasteiger partial charge in [0.1, 0.15) is 11.6 Å². The molecular formula is C11H13F2N. The third-order valence-electron chi connectivity index (χ3n) is 2.11. The summed E-state index contributed by atoms with van der Waals surface area (Å²) in [6.45, 7) is 3.61. The van der Waals surface area contributed by atoms with E-state index in [4.69, 9.17) is 5.73 Å². The number of hydrogen-bond acceptors (Lipinski definition) is 1. The predicted molar refractivity (Wildman–Crippen MR) is 54.7 cm³/mol. The lowest BCUT2D eigenvalue weighted by atomic mass is 10.0. The van der Waals surface area contributed by atoms with Crippen LogP contribution in [0.5, 0.6) is 0 Å². The quantitative estimate of drug-likeness (QED) is 0.723. The normalized spacial score (nSPS) is 11.9. The first-order valence-electron chi connectivity index (χ1n) is 4.50. The van der Waals surface area contributed by atoms with Crippen molar-refractivity contribution >= 4 is 11.3 Å². The summed E-state index contributed by atoms with van der Waals surface area (Å²) in [5.41, 5.74) is 6.10. The van der Waals surface area contributed by atoms with Gasteiger partial charge < -0.3 is 5.73 Å². The lowest BCUT2D eigenvalue weighted by Gasteiger charge is -2.08. The minimum Gasteiger partial charge on any atom is -0.399 e. The first-order chi connectivity index (χ1) is 6.60. The number of allylic oxidation sites excluding steroid dienone is 2. The van der Waals surface area contributed by atoms with E-state index in [1.807, 2.05) is 6.92 Å². The highest BCUT2D eigenvalue weighted by Gasteiger charge is 2.12. The molecule has 0 heterocycles. The molecule has 0 unspecified atom stereocenters. The van der Waals surface area contributed by atoms with E-state index in [-0.39, 0.29) is 11.3 Å². The van der Waals surface area contributed by atoms with Gasteiger partial charge in [-0.15, -0.1) is 0 Å². The Kier molecular flexibility index (Phi) is 3.23. The van der Waals surface area contributed by atoms with E-state index in [9.17, 15) is 8.78 Å². The number of nitrogens with two attached hydrogens (primary N) is 1. The van der Waals surface area contributed by atoms with Crippen LogP contribution in [0.3, 0.4) is 0 Å². The zero-order valence-corrected chi connectivity index (χ0v) is 8.27. The van der Waals surface area contributed by atoms with Crippen LogP contribution >= 0.6 is 0 Å². The van der Waals surface area contributed by atoms with Crippen LogP contribution in [0.25, 0.3) is 5.57 Å². The van der Waals surface area contributed by atoms with E-state index in [1.54, 1.807) is 13.0 Å². The molecular weight excluding hydrogens is 184 g/mol. The maximum atomic E-state index is 13.4. The zero-order chi connectivity index (χ0) is 10.7. The van der Waals surface area contributed by atoms with Crippen LogP contribution in [-0.4, -0.2) is 0 Å². The van der Waals surface area contributed by atoms with E-state index in [0.29, 0.717) is 12.0 Å². The number of benzene rings is 1. The van der Waals surface area contributed by atoms with Gasteiger partial charge in [0, 0.05) is 11.3 Å². The van der Waals surface area contributed by atoms with Crippen LogP contribution < -0.4 is 5.73 Å². The molecule has 0 radical (unpaired) electrons. The highest BCUT2D eigenvalue weighted by atomic mass is 19.1. The first kappa shape index (κ1) is 10.7. The van der Waals surface area contributed by atoms with Gasteiger partial charge in [-0.1, -0.05) is 13.0 Å². The molecule has 0 saturated heterocycles. The van der Waals surface area contributed by atoms with Crippen LogP contribution in [0.1, 0.15) is 25.8 Å². The fourth-order valence-corrected chi connectivity index (χ4v) is 1.42. The second-order valence-corrected chi connectivity index (χ2v) is 3.03. The maximum absolute atomic E-state index is 13.4. The molecule has 3 heteroatoms. The highest BCUT2D eigenvalue weighted by Crippen LogP contribution is 2.26. The second kappa shape index (κ2) is 4.22. The van der Waals surface area contributed by atoms with Gasteiger partial charge in [-0.25, -0.2) is 8.78 Å². The lowest BCUT2D eigenvalue weighted by Crippen LogP contribution is -1.97. The van der Waals surface area contributed by atoms with Crippen LogP contribution in [0.2, 0.25) is 0 Å². The van der Waals surface area contributed by atoms with Crippen molar-refractivity contribution < 1.29 is 8.78 Å². The molecule has 0 aliphatic rings. The predicted octanol–water partition coefficient (Wildman–Crippen LogP) is 3.36. The molecule has 76 valence electrons. The molecule has 0 amide bonds. The summed E-state index contributed by atoms with van der Waals surface area (Å²) in [7, 11) is 0. The fourth-order valence-electron chi connectivity index (χ4n) is 1.42. The highest BCUT2D eigenvalue weighted by molar-refractivity contribution is 5.67. The Balaban J connectivity index is 3.34. The first-order valence-corrected chi connectivity index (χ1v) is 4.50. The van der Waals surface area contributed by atoms with Crippen molar-refractivity contribution in [3.63, 3.8) is 0 Å². The van der Waals surface area contributed by atoms with Gasteiger partial charge in [-0.2, -0.15) is 0 Å². The third-order valence-corrected chi connectivity index (χ3v) is 2.11. The number of halogens is 2. The Morgan fingerprint density at radius 1 is 1.36 bits per heavy atom. The van der Waals surface area contributed by atoms with Crippen molar-refractivity contribution in [2.45, 2.75) is 20.3 Å². The van der Waals surface area contributed by atoms with E-state index in [1.165, 1.54) is 0 Å². The topological polar surface area (TPSA) is 26.0 Å². The van der Waals surface area contributed by atoms with Crippen LogP contribution in [-0.2, 0) is 0 Å². The Morgan fingerprint density at radius 3 is 2.21 bits per heavy atom. The average Bonchev–Trinajstić information content (AvgIpc) is 2.10. The van der Waals surface area contributed by atoms with E-state index >= 15 is 0 Å². The van der Waals surface area contributed by atoms with Crippen molar-refractivity contribution in [3.05, 3.63) is 35.4 Å². The van der Waals surface area contributed by atoms with Crippen molar-refractivity contribution in [2.75, 3.05) is 5.73 Å². The summed E-state index contributed by atoms with van der Waals surface area (Å²) in [5, 5.41) is 0. The SMILES string of the molecule is C/C=C(\CC)c1c(F)cc(N)cc1F. The second-order valence-electron chi connectivity index (χ2n) is 3.03. The monoisotopic (exact) mass is 197 g/mol. The van der Waals surface area contributed by atoms with Gasteiger partial charge >= 0.3 is 0 Å². The van der Waals surface area contributed by atoms with E-state index < -0.39 is 11.6 Å². The van der Waals surface area contributed by atoms with Gasteiger partial charge in [0.25, 0.3) is 0 Å². The number of nitrogen functional groups attached to an aromatic ring is 1. The minimum atomic E-state index is -0.600. The number of hydrogen-bond donors (Lipinski definition) is 1. The molecule has 0 spiro atoms. The van der Waals surface area contributed by atoms with Crippen molar-refractivity contribution in [2.24, 2.45) is 0 Å². The minimum absolute atomic E-state index is 0.0317. The van der Waals surface area contributed by atoms with Gasteiger partial charge in [-0.3, -0.25) is 0 Å². The van der Waals surface area contributed by atoms with Gasteiger partial charge in [0.05, 0.1) is 0 Å². The third kappa shape index (κ3) is 1.92. The molecule has 1 nitrogen and oxygen atoms in total. The molecule has 2 N–H and O–H groups in total. The van der Waals surface area contributed by atoms with Crippen LogP contribution in [0.4, 0.5) is 14.5 Å².